The van der Waals surface area contributed by atoms with E-state index in [1.165, 1.54) is 0 Å². The fourth-order valence-corrected chi connectivity index (χ4v) is 1.73. The molecule has 0 spiro atoms. The van der Waals surface area contributed by atoms with Gasteiger partial charge in [0.25, 0.3) is 5.91 Å². The molecule has 0 saturated carbocycles. The summed E-state index contributed by atoms with van der Waals surface area (Å²) < 4.78 is 31.5. The molecule has 0 atom stereocenters. The van der Waals surface area contributed by atoms with Gasteiger partial charge in [-0.1, -0.05) is 12.1 Å². The average Bonchev–Trinajstić information content (AvgIpc) is 2.47. The normalized spacial score (nSPS) is 10.2. The van der Waals surface area contributed by atoms with Crippen LogP contribution in [0, 0.1) is 11.6 Å². The van der Waals surface area contributed by atoms with E-state index in [0.717, 1.165) is 23.8 Å². The van der Waals surface area contributed by atoms with Gasteiger partial charge in [0.1, 0.15) is 17.4 Å². The summed E-state index contributed by atoms with van der Waals surface area (Å²) >= 11 is 0. The third-order valence-corrected chi connectivity index (χ3v) is 2.76. The molecule has 2 aromatic carbocycles. The second-order valence-electron chi connectivity index (χ2n) is 4.16. The number of carbonyl (C=O) groups excluding carboxylic acids is 1. The lowest BCUT2D eigenvalue weighted by Crippen LogP contribution is -2.24. The van der Waals surface area contributed by atoms with Crippen LogP contribution in [0.4, 0.5) is 8.78 Å². The molecular weight excluding hydrogens is 264 g/mol. The van der Waals surface area contributed by atoms with Crippen LogP contribution in [0.5, 0.6) is 5.75 Å². The number of carbonyl (C=O) groups is 1. The highest BCUT2D eigenvalue weighted by Gasteiger charge is 2.12. The van der Waals surface area contributed by atoms with E-state index < -0.39 is 17.5 Å². The molecule has 0 unspecified atom stereocenters. The van der Waals surface area contributed by atoms with Crippen LogP contribution in [0.25, 0.3) is 0 Å². The van der Waals surface area contributed by atoms with E-state index in [0.29, 0.717) is 5.75 Å². The minimum Gasteiger partial charge on any atom is -0.497 e. The molecule has 0 aromatic heterocycles. The second kappa shape index (κ2) is 6.14. The molecule has 0 aliphatic heterocycles. The Kier molecular flexibility index (Phi) is 4.30. The van der Waals surface area contributed by atoms with Crippen LogP contribution < -0.4 is 10.1 Å². The number of ether oxygens (including phenoxy) is 1. The lowest BCUT2D eigenvalue weighted by Gasteiger charge is -2.07. The van der Waals surface area contributed by atoms with Crippen LogP contribution in [0.3, 0.4) is 0 Å². The van der Waals surface area contributed by atoms with Gasteiger partial charge in [0.2, 0.25) is 0 Å². The average molecular weight is 277 g/mol. The van der Waals surface area contributed by atoms with Crippen molar-refractivity contribution in [3.8, 4) is 5.75 Å². The van der Waals surface area contributed by atoms with Crippen LogP contribution in [0.2, 0.25) is 0 Å². The predicted octanol–water partition coefficient (Wildman–Crippen LogP) is 2.90. The largest absolute Gasteiger partial charge is 0.497 e. The Morgan fingerprint density at radius 2 is 2.00 bits per heavy atom. The first-order valence-electron chi connectivity index (χ1n) is 5.96. The van der Waals surface area contributed by atoms with Crippen molar-refractivity contribution < 1.29 is 18.3 Å². The van der Waals surface area contributed by atoms with Crippen molar-refractivity contribution in [3.63, 3.8) is 0 Å². The highest BCUT2D eigenvalue weighted by atomic mass is 19.1. The van der Waals surface area contributed by atoms with Crippen LogP contribution in [0.15, 0.2) is 42.5 Å². The molecule has 2 rings (SSSR count). The highest BCUT2D eigenvalue weighted by molar-refractivity contribution is 5.94. The van der Waals surface area contributed by atoms with Gasteiger partial charge in [0.15, 0.2) is 0 Å². The molecule has 0 aliphatic carbocycles. The smallest absolute Gasteiger partial charge is 0.254 e. The molecule has 2 aromatic rings. The van der Waals surface area contributed by atoms with Crippen molar-refractivity contribution >= 4 is 5.91 Å². The molecule has 0 fully saturated rings. The minimum atomic E-state index is -0.755. The van der Waals surface area contributed by atoms with Gasteiger partial charge in [-0.2, -0.15) is 0 Å². The van der Waals surface area contributed by atoms with E-state index in [2.05, 4.69) is 5.32 Å². The number of rotatable bonds is 4. The molecule has 104 valence electrons. The molecule has 0 radical (unpaired) electrons. The first-order chi connectivity index (χ1) is 9.60. The minimum absolute atomic E-state index is 0.200. The Morgan fingerprint density at radius 1 is 1.20 bits per heavy atom. The Balaban J connectivity index is 2.06. The summed E-state index contributed by atoms with van der Waals surface area (Å²) in [5, 5.41) is 2.53. The number of methoxy groups -OCH3 is 1. The van der Waals surface area contributed by atoms with Crippen molar-refractivity contribution in [3.05, 3.63) is 65.2 Å². The van der Waals surface area contributed by atoms with Crippen LogP contribution in [0.1, 0.15) is 15.9 Å². The first-order valence-corrected chi connectivity index (χ1v) is 5.96. The third-order valence-electron chi connectivity index (χ3n) is 2.76. The number of hydrogen-bond acceptors (Lipinski definition) is 2. The van der Waals surface area contributed by atoms with Crippen molar-refractivity contribution in [2.75, 3.05) is 7.11 Å². The highest BCUT2D eigenvalue weighted by Crippen LogP contribution is 2.13. The first kappa shape index (κ1) is 14.0. The predicted molar refractivity (Wildman–Crippen MR) is 70.5 cm³/mol. The van der Waals surface area contributed by atoms with E-state index in [4.69, 9.17) is 4.74 Å². The number of benzene rings is 2. The molecule has 1 amide bonds. The number of amides is 1. The van der Waals surface area contributed by atoms with Gasteiger partial charge in [-0.25, -0.2) is 8.78 Å². The summed E-state index contributed by atoms with van der Waals surface area (Å²) in [4.78, 5) is 11.8. The van der Waals surface area contributed by atoms with E-state index >= 15 is 0 Å². The van der Waals surface area contributed by atoms with E-state index in [-0.39, 0.29) is 12.1 Å². The fraction of sp³-hybridized carbons (Fsp3) is 0.133. The maximum absolute atomic E-state index is 13.4. The molecule has 0 bridgehead atoms. The Bertz CT molecular complexity index is 629. The Morgan fingerprint density at radius 3 is 2.75 bits per heavy atom. The number of nitrogens with one attached hydrogen (secondary N) is 1. The van der Waals surface area contributed by atoms with E-state index in [9.17, 15) is 13.6 Å². The molecule has 0 heterocycles. The lowest BCUT2D eigenvalue weighted by molar-refractivity contribution is 0.0946. The summed E-state index contributed by atoms with van der Waals surface area (Å²) in [6, 6.07) is 9.87. The van der Waals surface area contributed by atoms with Gasteiger partial charge >= 0.3 is 0 Å². The number of halogens is 2. The number of hydrogen-bond donors (Lipinski definition) is 1. The molecule has 0 saturated heterocycles. The summed E-state index contributed by atoms with van der Waals surface area (Å²) in [5.41, 5.74) is 0.488. The molecule has 3 nitrogen and oxygen atoms in total. The summed E-state index contributed by atoms with van der Waals surface area (Å²) in [7, 11) is 1.54. The third kappa shape index (κ3) is 3.32. The van der Waals surface area contributed by atoms with E-state index in [1.807, 2.05) is 0 Å². The van der Waals surface area contributed by atoms with Gasteiger partial charge in [-0.15, -0.1) is 0 Å². The van der Waals surface area contributed by atoms with Crippen molar-refractivity contribution in [1.29, 1.82) is 0 Å². The maximum atomic E-state index is 13.4. The Labute approximate surface area is 115 Å². The van der Waals surface area contributed by atoms with Crippen molar-refractivity contribution in [2.45, 2.75) is 6.54 Å². The van der Waals surface area contributed by atoms with Crippen LogP contribution in [-0.2, 0) is 6.54 Å². The molecule has 20 heavy (non-hydrogen) atoms. The van der Waals surface area contributed by atoms with Gasteiger partial charge in [-0.3, -0.25) is 4.79 Å². The topological polar surface area (TPSA) is 38.3 Å². The zero-order valence-corrected chi connectivity index (χ0v) is 10.8. The zero-order chi connectivity index (χ0) is 14.5. The quantitative estimate of drug-likeness (QED) is 0.933. The zero-order valence-electron chi connectivity index (χ0n) is 10.8. The summed E-state index contributed by atoms with van der Waals surface area (Å²) in [5.74, 6) is -1.41. The summed E-state index contributed by atoms with van der Waals surface area (Å²) in [6.07, 6.45) is 0. The standard InChI is InChI=1S/C15H13F2NO2/c1-20-12-4-2-3-10(7-12)9-18-15(19)13-8-11(16)5-6-14(13)17/h2-8H,9H2,1H3,(H,18,19). The molecule has 5 heteroatoms. The molecule has 1 N–H and O–H groups in total. The monoisotopic (exact) mass is 277 g/mol. The van der Waals surface area contributed by atoms with Gasteiger partial charge < -0.3 is 10.1 Å². The molecule has 0 aliphatic rings. The maximum Gasteiger partial charge on any atom is 0.254 e. The SMILES string of the molecule is COc1cccc(CNC(=O)c2cc(F)ccc2F)c1. The van der Waals surface area contributed by atoms with Crippen molar-refractivity contribution in [2.24, 2.45) is 0 Å². The van der Waals surface area contributed by atoms with Gasteiger partial charge in [0, 0.05) is 6.54 Å². The lowest BCUT2D eigenvalue weighted by atomic mass is 10.1. The second-order valence-corrected chi connectivity index (χ2v) is 4.16. The molecular formula is C15H13F2NO2. The Hall–Kier alpha value is -2.43. The van der Waals surface area contributed by atoms with E-state index in [1.54, 1.807) is 31.4 Å². The fourth-order valence-electron chi connectivity index (χ4n) is 1.73. The van der Waals surface area contributed by atoms with Gasteiger partial charge in [-0.05, 0) is 35.9 Å². The van der Waals surface area contributed by atoms with Crippen molar-refractivity contribution in [1.82, 2.24) is 5.32 Å². The van der Waals surface area contributed by atoms with Crippen LogP contribution >= 0.6 is 0 Å². The van der Waals surface area contributed by atoms with Crippen LogP contribution in [-0.4, -0.2) is 13.0 Å². The van der Waals surface area contributed by atoms with Gasteiger partial charge in [0.05, 0.1) is 12.7 Å². The summed E-state index contributed by atoms with van der Waals surface area (Å²) in [6.45, 7) is 0.200.